The van der Waals surface area contributed by atoms with Gasteiger partial charge in [-0.25, -0.2) is 4.98 Å². The van der Waals surface area contributed by atoms with E-state index in [1.54, 1.807) is 19.1 Å². The Hall–Kier alpha value is -2.81. The number of hydrogen-bond acceptors (Lipinski definition) is 5. The van der Waals surface area contributed by atoms with Gasteiger partial charge in [-0.15, -0.1) is 0 Å². The number of hydrogen-bond donors (Lipinski definition) is 2. The van der Waals surface area contributed by atoms with Crippen molar-refractivity contribution in [2.24, 2.45) is 13.0 Å². The second kappa shape index (κ2) is 10.2. The second-order valence-electron chi connectivity index (χ2n) is 9.22. The molecule has 1 aliphatic heterocycles. The molecule has 2 N–H and O–H groups in total. The zero-order valence-electron chi connectivity index (χ0n) is 19.5. The number of rotatable bonds is 8. The van der Waals surface area contributed by atoms with Gasteiger partial charge in [0.2, 0.25) is 0 Å². The highest BCUT2D eigenvalue weighted by molar-refractivity contribution is 5.67. The number of aryl methyl sites for hydroxylation is 1. The highest BCUT2D eigenvalue weighted by Crippen LogP contribution is 2.33. The molecule has 0 amide bonds. The lowest BCUT2D eigenvalue weighted by Crippen LogP contribution is -2.47. The Kier molecular flexibility index (Phi) is 7.30. The largest absolute Gasteiger partial charge is 0.434 e. The van der Waals surface area contributed by atoms with Crippen LogP contribution in [-0.2, 0) is 13.6 Å². The molecule has 2 atom stereocenters. The predicted molar refractivity (Wildman–Crippen MR) is 126 cm³/mol. The van der Waals surface area contributed by atoms with Crippen LogP contribution in [0.4, 0.5) is 8.78 Å². The molecule has 3 aromatic rings. The van der Waals surface area contributed by atoms with Crippen LogP contribution in [0.15, 0.2) is 54.7 Å². The third-order valence-corrected chi connectivity index (χ3v) is 6.59. The Morgan fingerprint density at radius 3 is 2.65 bits per heavy atom. The number of aromatic nitrogens is 2. The zero-order chi connectivity index (χ0) is 24.3. The summed E-state index contributed by atoms with van der Waals surface area (Å²) in [7, 11) is 1.90. The number of aliphatic hydroxyl groups excluding tert-OH is 1. The number of nitrogens with zero attached hydrogens (tertiary/aromatic N) is 3. The van der Waals surface area contributed by atoms with Gasteiger partial charge in [0.15, 0.2) is 0 Å². The van der Waals surface area contributed by atoms with Crippen LogP contribution in [0.2, 0.25) is 0 Å². The van der Waals surface area contributed by atoms with E-state index in [1.165, 1.54) is 0 Å². The van der Waals surface area contributed by atoms with Crippen molar-refractivity contribution in [1.29, 1.82) is 0 Å². The Bertz CT molecular complexity index is 1100. The number of likely N-dealkylation sites (tertiary alicyclic amines) is 1. The summed E-state index contributed by atoms with van der Waals surface area (Å²) in [6.07, 6.45) is 3.54. The summed E-state index contributed by atoms with van der Waals surface area (Å²) in [4.78, 5) is 6.83. The third kappa shape index (κ3) is 5.46. The molecular formula is C26H31F2N3O3. The molecule has 0 spiro atoms. The monoisotopic (exact) mass is 471 g/mol. The SMILES string of the molecule is Cn1cc(-c2ccc(CN3CCC[C@H]([C@](C)(O)CO)C3)c(OC(F)F)c2)nc1-c1ccccc1. The van der Waals surface area contributed by atoms with Crippen LogP contribution >= 0.6 is 0 Å². The molecule has 4 rings (SSSR count). The maximum absolute atomic E-state index is 13.3. The van der Waals surface area contributed by atoms with Crippen LogP contribution in [0.1, 0.15) is 25.3 Å². The van der Waals surface area contributed by atoms with Crippen LogP contribution in [0.5, 0.6) is 5.75 Å². The predicted octanol–water partition coefficient (Wildman–Crippen LogP) is 4.31. The summed E-state index contributed by atoms with van der Waals surface area (Å²) in [5.41, 5.74) is 1.81. The molecule has 1 aliphatic rings. The second-order valence-corrected chi connectivity index (χ2v) is 9.22. The normalized spacial score (nSPS) is 18.7. The molecule has 0 radical (unpaired) electrons. The Balaban J connectivity index is 1.59. The molecular weight excluding hydrogens is 440 g/mol. The Labute approximate surface area is 198 Å². The van der Waals surface area contributed by atoms with Crippen LogP contribution in [-0.4, -0.2) is 56.6 Å². The maximum Gasteiger partial charge on any atom is 0.387 e. The lowest BCUT2D eigenvalue weighted by molar-refractivity contribution is -0.0702. The summed E-state index contributed by atoms with van der Waals surface area (Å²) in [6.45, 7) is 0.158. The van der Waals surface area contributed by atoms with E-state index >= 15 is 0 Å². The highest BCUT2D eigenvalue weighted by Gasteiger charge is 2.34. The maximum atomic E-state index is 13.3. The molecule has 0 bridgehead atoms. The van der Waals surface area contributed by atoms with Gasteiger partial charge >= 0.3 is 6.61 Å². The van der Waals surface area contributed by atoms with Crippen LogP contribution in [0.25, 0.3) is 22.6 Å². The quantitative estimate of drug-likeness (QED) is 0.512. The Morgan fingerprint density at radius 1 is 1.18 bits per heavy atom. The van der Waals surface area contributed by atoms with Gasteiger partial charge in [-0.05, 0) is 32.4 Å². The lowest BCUT2D eigenvalue weighted by Gasteiger charge is -2.39. The molecule has 8 heteroatoms. The van der Waals surface area contributed by atoms with E-state index < -0.39 is 12.2 Å². The molecule has 2 heterocycles. The minimum atomic E-state index is -2.94. The fourth-order valence-corrected chi connectivity index (χ4v) is 4.59. The van der Waals surface area contributed by atoms with E-state index in [0.717, 1.165) is 30.8 Å². The van der Waals surface area contributed by atoms with Crippen LogP contribution in [0, 0.1) is 5.92 Å². The van der Waals surface area contributed by atoms with Gasteiger partial charge in [-0.2, -0.15) is 8.78 Å². The fourth-order valence-electron chi connectivity index (χ4n) is 4.59. The van der Waals surface area contributed by atoms with Crippen molar-refractivity contribution in [3.05, 3.63) is 60.3 Å². The summed E-state index contributed by atoms with van der Waals surface area (Å²) in [6, 6.07) is 15.1. The molecule has 0 saturated carbocycles. The molecule has 1 saturated heterocycles. The first-order chi connectivity index (χ1) is 16.3. The summed E-state index contributed by atoms with van der Waals surface area (Å²) >= 11 is 0. The van der Waals surface area contributed by atoms with E-state index in [9.17, 15) is 19.0 Å². The van der Waals surface area contributed by atoms with Gasteiger partial charge in [0.05, 0.1) is 17.9 Å². The molecule has 6 nitrogen and oxygen atoms in total. The number of aliphatic hydroxyl groups is 2. The van der Waals surface area contributed by atoms with Crippen molar-refractivity contribution >= 4 is 0 Å². The molecule has 2 aromatic carbocycles. The number of piperidine rings is 1. The number of alkyl halides is 2. The first-order valence-corrected chi connectivity index (χ1v) is 11.5. The standard InChI is InChI=1S/C26H31F2N3O3/c1-26(33,17-32)21-9-6-12-31(15-21)14-20-11-10-19(13-23(20)34-25(27)28)22-16-30(2)24(29-22)18-7-4-3-5-8-18/h3-5,7-8,10-11,13,16,21,25,32-33H,6,9,12,14-15,17H2,1-2H3/t21-,26+/m0/s1. The first-order valence-electron chi connectivity index (χ1n) is 11.5. The van der Waals surface area contributed by atoms with Crippen molar-refractivity contribution in [2.45, 2.75) is 38.5 Å². The van der Waals surface area contributed by atoms with Crippen molar-refractivity contribution in [3.63, 3.8) is 0 Å². The minimum absolute atomic E-state index is 0.0880. The van der Waals surface area contributed by atoms with E-state index in [4.69, 9.17) is 9.72 Å². The Morgan fingerprint density at radius 2 is 1.94 bits per heavy atom. The molecule has 182 valence electrons. The van der Waals surface area contributed by atoms with Crippen molar-refractivity contribution < 1.29 is 23.7 Å². The number of benzene rings is 2. The van der Waals surface area contributed by atoms with Crippen molar-refractivity contribution in [3.8, 4) is 28.4 Å². The number of halogens is 2. The van der Waals surface area contributed by atoms with Gasteiger partial charge in [0, 0.05) is 48.9 Å². The van der Waals surface area contributed by atoms with Crippen molar-refractivity contribution in [2.75, 3.05) is 19.7 Å². The lowest BCUT2D eigenvalue weighted by atomic mass is 9.83. The van der Waals surface area contributed by atoms with Gasteiger partial charge in [0.1, 0.15) is 11.6 Å². The molecule has 0 unspecified atom stereocenters. The van der Waals surface area contributed by atoms with E-state index in [1.807, 2.05) is 54.2 Å². The van der Waals surface area contributed by atoms with E-state index in [-0.39, 0.29) is 18.3 Å². The van der Waals surface area contributed by atoms with Crippen LogP contribution in [0.3, 0.4) is 0 Å². The number of imidazole rings is 1. The molecule has 0 aliphatic carbocycles. The van der Waals surface area contributed by atoms with Gasteiger partial charge in [0.25, 0.3) is 0 Å². The van der Waals surface area contributed by atoms with Gasteiger partial charge in [-0.1, -0.05) is 42.5 Å². The minimum Gasteiger partial charge on any atom is -0.434 e. The summed E-state index contributed by atoms with van der Waals surface area (Å²) in [5, 5.41) is 20.0. The zero-order valence-corrected chi connectivity index (χ0v) is 19.5. The molecule has 1 fully saturated rings. The smallest absolute Gasteiger partial charge is 0.387 e. The fraction of sp³-hybridized carbons (Fsp3) is 0.423. The van der Waals surface area contributed by atoms with E-state index in [2.05, 4.69) is 4.90 Å². The topological polar surface area (TPSA) is 70.8 Å². The number of ether oxygens (including phenoxy) is 1. The highest BCUT2D eigenvalue weighted by atomic mass is 19.3. The average molecular weight is 472 g/mol. The van der Waals surface area contributed by atoms with Crippen molar-refractivity contribution in [1.82, 2.24) is 14.5 Å². The first kappa shape index (κ1) is 24.3. The van der Waals surface area contributed by atoms with Gasteiger partial charge < -0.3 is 19.5 Å². The van der Waals surface area contributed by atoms with Gasteiger partial charge in [-0.3, -0.25) is 4.90 Å². The molecule has 34 heavy (non-hydrogen) atoms. The summed E-state index contributed by atoms with van der Waals surface area (Å²) < 4.78 is 33.3. The average Bonchev–Trinajstić information content (AvgIpc) is 3.22. The summed E-state index contributed by atoms with van der Waals surface area (Å²) in [5.74, 6) is 0.816. The van der Waals surface area contributed by atoms with Crippen LogP contribution < -0.4 is 4.74 Å². The molecule has 1 aromatic heterocycles. The third-order valence-electron chi connectivity index (χ3n) is 6.59. The van der Waals surface area contributed by atoms with E-state index in [0.29, 0.717) is 29.9 Å².